The molecule has 9 nitrogen and oxygen atoms in total. The van der Waals surface area contributed by atoms with E-state index < -0.39 is 11.6 Å². The summed E-state index contributed by atoms with van der Waals surface area (Å²) in [5.41, 5.74) is -0.836. The van der Waals surface area contributed by atoms with Crippen LogP contribution in [0.1, 0.15) is 57.3 Å². The number of carbonyl (C=O) groups excluding carboxylic acids is 3. The Hall–Kier alpha value is -2.10. The van der Waals surface area contributed by atoms with Crippen molar-refractivity contribution >= 4 is 29.6 Å². The molecule has 10 heteroatoms. The highest BCUT2D eigenvalue weighted by Crippen LogP contribution is 2.38. The lowest BCUT2D eigenvalue weighted by Crippen LogP contribution is -2.54. The average molecular weight is 421 g/mol. The molecule has 3 heterocycles. The molecule has 1 aliphatic carbocycles. The molecule has 2 saturated heterocycles. The molecule has 4 rings (SSSR count). The first-order valence-corrected chi connectivity index (χ1v) is 11.5. The van der Waals surface area contributed by atoms with Crippen molar-refractivity contribution in [2.24, 2.45) is 13.0 Å². The highest BCUT2D eigenvalue weighted by atomic mass is 32.2. The van der Waals surface area contributed by atoms with Crippen LogP contribution in [0.5, 0.6) is 0 Å². The summed E-state index contributed by atoms with van der Waals surface area (Å²) in [6.45, 7) is 2.38. The number of nitrogens with zero attached hydrogens (tertiary/aromatic N) is 5. The van der Waals surface area contributed by atoms with Crippen molar-refractivity contribution in [1.82, 2.24) is 29.9 Å². The molecule has 1 saturated carbocycles. The van der Waals surface area contributed by atoms with Crippen LogP contribution in [0.4, 0.5) is 4.79 Å². The summed E-state index contributed by atoms with van der Waals surface area (Å²) in [6.07, 6.45) is 7.13. The Bertz CT molecular complexity index is 842. The SMILES string of the molecule is CSc1nnc([C@@H]2CCCN2C(=O)CN2C(=O)N[C@@]3(CCCC[C@H]3C)C2=O)n1C. The van der Waals surface area contributed by atoms with Gasteiger partial charge in [0.15, 0.2) is 11.0 Å². The second-order valence-corrected chi connectivity index (χ2v) is 9.06. The maximum atomic E-state index is 13.1. The normalized spacial score (nSPS) is 29.8. The van der Waals surface area contributed by atoms with Gasteiger partial charge in [0.2, 0.25) is 5.91 Å². The van der Waals surface area contributed by atoms with Gasteiger partial charge >= 0.3 is 6.03 Å². The summed E-state index contributed by atoms with van der Waals surface area (Å²) in [5, 5.41) is 12.2. The van der Waals surface area contributed by atoms with Crippen molar-refractivity contribution in [3.05, 3.63) is 5.82 Å². The van der Waals surface area contributed by atoms with Crippen molar-refractivity contribution in [1.29, 1.82) is 0 Å². The van der Waals surface area contributed by atoms with Gasteiger partial charge < -0.3 is 14.8 Å². The second kappa shape index (κ2) is 7.62. The van der Waals surface area contributed by atoms with Gasteiger partial charge in [0.05, 0.1) is 6.04 Å². The number of rotatable bonds is 4. The number of hydrogen-bond acceptors (Lipinski definition) is 6. The van der Waals surface area contributed by atoms with E-state index in [1.807, 2.05) is 24.8 Å². The third-order valence-electron chi connectivity index (χ3n) is 6.72. The van der Waals surface area contributed by atoms with Crippen LogP contribution in [0, 0.1) is 5.92 Å². The minimum atomic E-state index is -0.836. The summed E-state index contributed by atoms with van der Waals surface area (Å²) < 4.78 is 1.91. The molecule has 1 N–H and O–H groups in total. The second-order valence-electron chi connectivity index (χ2n) is 8.29. The summed E-state index contributed by atoms with van der Waals surface area (Å²) in [7, 11) is 1.90. The summed E-state index contributed by atoms with van der Waals surface area (Å²) in [4.78, 5) is 41.7. The zero-order valence-electron chi connectivity index (χ0n) is 17.2. The first-order chi connectivity index (χ1) is 13.9. The van der Waals surface area contributed by atoms with Gasteiger partial charge in [-0.05, 0) is 37.9 Å². The van der Waals surface area contributed by atoms with Crippen LogP contribution in [-0.2, 0) is 16.6 Å². The molecular formula is C19H28N6O3S. The van der Waals surface area contributed by atoms with Crippen LogP contribution in [0.15, 0.2) is 5.16 Å². The highest BCUT2D eigenvalue weighted by Gasteiger charge is 2.55. The van der Waals surface area contributed by atoms with Crippen molar-refractivity contribution in [2.75, 3.05) is 19.3 Å². The third kappa shape index (κ3) is 3.21. The largest absolute Gasteiger partial charge is 0.331 e. The molecule has 0 radical (unpaired) electrons. The van der Waals surface area contributed by atoms with Crippen molar-refractivity contribution in [2.45, 2.75) is 62.2 Å². The molecule has 0 aromatic carbocycles. The Morgan fingerprint density at radius 1 is 1.24 bits per heavy atom. The zero-order chi connectivity index (χ0) is 20.8. The Morgan fingerprint density at radius 2 is 2.03 bits per heavy atom. The van der Waals surface area contributed by atoms with Crippen molar-refractivity contribution in [3.63, 3.8) is 0 Å². The van der Waals surface area contributed by atoms with E-state index in [9.17, 15) is 14.4 Å². The van der Waals surface area contributed by atoms with Gasteiger partial charge in [-0.15, -0.1) is 10.2 Å². The fraction of sp³-hybridized carbons (Fsp3) is 0.737. The van der Waals surface area contributed by atoms with Crippen LogP contribution in [0.25, 0.3) is 0 Å². The van der Waals surface area contributed by atoms with E-state index in [2.05, 4.69) is 15.5 Å². The van der Waals surface area contributed by atoms with Crippen LogP contribution in [-0.4, -0.2) is 67.3 Å². The molecule has 1 aromatic rings. The predicted molar refractivity (Wildman–Crippen MR) is 107 cm³/mol. The minimum Gasteiger partial charge on any atom is -0.331 e. The Morgan fingerprint density at radius 3 is 2.72 bits per heavy atom. The topological polar surface area (TPSA) is 100 Å². The summed E-state index contributed by atoms with van der Waals surface area (Å²) in [6, 6.07) is -0.625. The van der Waals surface area contributed by atoms with Crippen LogP contribution in [0.2, 0.25) is 0 Å². The Kier molecular flexibility index (Phi) is 5.30. The molecule has 1 spiro atoms. The molecule has 3 atom stereocenters. The van der Waals surface area contributed by atoms with E-state index in [-0.39, 0.29) is 30.3 Å². The van der Waals surface area contributed by atoms with Gasteiger partial charge in [0, 0.05) is 13.6 Å². The quantitative estimate of drug-likeness (QED) is 0.588. The Balaban J connectivity index is 1.50. The fourth-order valence-corrected chi connectivity index (χ4v) is 5.48. The molecule has 3 fully saturated rings. The van der Waals surface area contributed by atoms with Gasteiger partial charge in [-0.2, -0.15) is 0 Å². The summed E-state index contributed by atoms with van der Waals surface area (Å²) in [5.74, 6) is 0.359. The standard InChI is InChI=1S/C19H28N6O3S/c1-12-7-4-5-9-19(12)16(27)25(17(28)20-19)11-14(26)24-10-6-8-13(24)15-21-22-18(29-3)23(15)2/h12-13H,4-11H2,1-3H3,(H,20,28)/t12-,13+,19-/m1/s1. The van der Waals surface area contributed by atoms with E-state index in [1.54, 1.807) is 4.90 Å². The van der Waals surface area contributed by atoms with Gasteiger partial charge in [-0.3, -0.25) is 14.5 Å². The number of aromatic nitrogens is 3. The zero-order valence-corrected chi connectivity index (χ0v) is 18.0. The molecule has 3 aliphatic rings. The number of likely N-dealkylation sites (tertiary alicyclic amines) is 1. The number of thioether (sulfide) groups is 1. The molecule has 0 bridgehead atoms. The first-order valence-electron chi connectivity index (χ1n) is 10.3. The lowest BCUT2D eigenvalue weighted by atomic mass is 9.73. The maximum absolute atomic E-state index is 13.1. The molecule has 29 heavy (non-hydrogen) atoms. The van der Waals surface area contributed by atoms with E-state index in [4.69, 9.17) is 0 Å². The molecule has 4 amide bonds. The number of hydrogen-bond donors (Lipinski definition) is 1. The highest BCUT2D eigenvalue weighted by molar-refractivity contribution is 7.98. The monoisotopic (exact) mass is 420 g/mol. The minimum absolute atomic E-state index is 0.0796. The molecule has 1 aromatic heterocycles. The van der Waals surface area contributed by atoms with E-state index in [0.29, 0.717) is 13.0 Å². The fourth-order valence-electron chi connectivity index (χ4n) is 4.99. The number of nitrogens with one attached hydrogen (secondary N) is 1. The predicted octanol–water partition coefficient (Wildman–Crippen LogP) is 1.70. The smallest absolute Gasteiger partial charge is 0.325 e. The number of amides is 4. The molecule has 2 aliphatic heterocycles. The van der Waals surface area contributed by atoms with E-state index >= 15 is 0 Å². The van der Waals surface area contributed by atoms with Gasteiger partial charge in [0.25, 0.3) is 5.91 Å². The lowest BCUT2D eigenvalue weighted by Gasteiger charge is -2.36. The maximum Gasteiger partial charge on any atom is 0.325 e. The van der Waals surface area contributed by atoms with Gasteiger partial charge in [-0.25, -0.2) is 4.79 Å². The third-order valence-corrected chi connectivity index (χ3v) is 7.44. The molecule has 158 valence electrons. The number of urea groups is 1. The summed E-state index contributed by atoms with van der Waals surface area (Å²) >= 11 is 1.50. The Labute approximate surface area is 174 Å². The van der Waals surface area contributed by atoms with E-state index in [0.717, 1.165) is 48.0 Å². The molecular weight excluding hydrogens is 392 g/mol. The average Bonchev–Trinajstić information content (AvgIpc) is 3.38. The van der Waals surface area contributed by atoms with Crippen molar-refractivity contribution < 1.29 is 14.4 Å². The van der Waals surface area contributed by atoms with Gasteiger partial charge in [0.1, 0.15) is 12.1 Å². The number of carbonyl (C=O) groups is 3. The van der Waals surface area contributed by atoms with Crippen LogP contribution >= 0.6 is 11.8 Å². The number of imide groups is 1. The van der Waals surface area contributed by atoms with Gasteiger partial charge in [-0.1, -0.05) is 31.5 Å². The van der Waals surface area contributed by atoms with Crippen LogP contribution < -0.4 is 5.32 Å². The van der Waals surface area contributed by atoms with E-state index in [1.165, 1.54) is 11.8 Å². The molecule has 0 unspecified atom stereocenters. The lowest BCUT2D eigenvalue weighted by molar-refractivity contribution is -0.141. The van der Waals surface area contributed by atoms with Crippen molar-refractivity contribution in [3.8, 4) is 0 Å². The van der Waals surface area contributed by atoms with Crippen LogP contribution in [0.3, 0.4) is 0 Å². The first kappa shape index (κ1) is 20.2.